The number of nitriles is 1. The zero-order chi connectivity index (χ0) is 17.2. The van der Waals surface area contributed by atoms with Crippen LogP contribution >= 0.6 is 0 Å². The number of anilines is 2. The molecule has 1 heterocycles. The van der Waals surface area contributed by atoms with E-state index >= 15 is 0 Å². The molecule has 1 unspecified atom stereocenters. The van der Waals surface area contributed by atoms with Gasteiger partial charge in [-0.3, -0.25) is 4.79 Å². The Bertz CT molecular complexity index is 636. The molecule has 23 heavy (non-hydrogen) atoms. The van der Waals surface area contributed by atoms with Crippen molar-refractivity contribution in [3.05, 3.63) is 23.8 Å². The van der Waals surface area contributed by atoms with Gasteiger partial charge >= 0.3 is 12.1 Å². The van der Waals surface area contributed by atoms with Crippen molar-refractivity contribution in [1.82, 2.24) is 0 Å². The quantitative estimate of drug-likeness (QED) is 0.836. The highest BCUT2D eigenvalue weighted by Crippen LogP contribution is 2.31. The summed E-state index contributed by atoms with van der Waals surface area (Å²) in [4.78, 5) is 13.9. The number of alkyl halides is 3. The molecule has 1 aromatic rings. The van der Waals surface area contributed by atoms with E-state index in [0.29, 0.717) is 10.6 Å². The minimum absolute atomic E-state index is 0.0530. The summed E-state index contributed by atoms with van der Waals surface area (Å²) in [7, 11) is 1.05. The molecule has 1 fully saturated rings. The van der Waals surface area contributed by atoms with Crippen molar-refractivity contribution in [1.29, 1.82) is 5.26 Å². The minimum Gasteiger partial charge on any atom is -0.368 e. The molecule has 1 aliphatic heterocycles. The Balaban J connectivity index is 2.33. The number of rotatable bonds is 2. The third kappa shape index (κ3) is 3.58. The fourth-order valence-electron chi connectivity index (χ4n) is 2.84. The fraction of sp³-hybridized carbons (Fsp3) is 0.500. The molecule has 0 radical (unpaired) electrons. The molecule has 1 aliphatic rings. The maximum atomic E-state index is 12.5. The fourth-order valence-corrected chi connectivity index (χ4v) is 2.84. The molecule has 1 atom stereocenters. The van der Waals surface area contributed by atoms with Crippen molar-refractivity contribution in [2.75, 3.05) is 23.4 Å². The highest BCUT2D eigenvalue weighted by Gasteiger charge is 2.41. The van der Waals surface area contributed by atoms with Crippen LogP contribution in [-0.4, -0.2) is 31.7 Å². The Morgan fingerprint density at radius 1 is 1.39 bits per heavy atom. The van der Waals surface area contributed by atoms with Gasteiger partial charge in [0.25, 0.3) is 0 Å². The second-order valence-electron chi connectivity index (χ2n) is 5.71. The van der Waals surface area contributed by atoms with Crippen LogP contribution in [0.3, 0.4) is 0 Å². The molecule has 0 aliphatic carbocycles. The van der Waals surface area contributed by atoms with Crippen molar-refractivity contribution in [2.45, 2.75) is 38.4 Å². The van der Waals surface area contributed by atoms with Crippen LogP contribution in [0.15, 0.2) is 18.2 Å². The number of halogens is 3. The number of hydrogen-bond donors (Lipinski definition) is 0. The molecule has 1 amide bonds. The van der Waals surface area contributed by atoms with Crippen molar-refractivity contribution in [3.8, 4) is 6.07 Å². The van der Waals surface area contributed by atoms with E-state index in [1.54, 1.807) is 6.07 Å². The summed E-state index contributed by atoms with van der Waals surface area (Å²) in [6.45, 7) is 2.88. The van der Waals surface area contributed by atoms with Gasteiger partial charge in [-0.1, -0.05) is 0 Å². The molecule has 0 saturated carbocycles. The highest BCUT2D eigenvalue weighted by molar-refractivity contribution is 5.97. The first kappa shape index (κ1) is 17.1. The molecule has 4 nitrogen and oxygen atoms in total. The Kier molecular flexibility index (Phi) is 4.83. The number of hydrogen-bond acceptors (Lipinski definition) is 3. The van der Waals surface area contributed by atoms with E-state index in [1.165, 1.54) is 12.1 Å². The molecular weight excluding hydrogens is 307 g/mol. The molecule has 2 rings (SSSR count). The standard InChI is InChI=1S/C16H18F3N3O/c1-11-5-3-4-8-22(11)14-7-6-13(9-12(14)10-20)21(2)15(23)16(17,18)19/h6-7,9,11H,3-5,8H2,1-2H3. The van der Waals surface area contributed by atoms with E-state index in [2.05, 4.69) is 11.8 Å². The second-order valence-corrected chi connectivity index (χ2v) is 5.71. The Morgan fingerprint density at radius 3 is 2.65 bits per heavy atom. The van der Waals surface area contributed by atoms with Crippen LogP contribution in [-0.2, 0) is 4.79 Å². The maximum absolute atomic E-state index is 12.5. The van der Waals surface area contributed by atoms with Crippen molar-refractivity contribution < 1.29 is 18.0 Å². The number of nitrogens with zero attached hydrogens (tertiary/aromatic N) is 3. The summed E-state index contributed by atoms with van der Waals surface area (Å²) in [6, 6.07) is 6.70. The van der Waals surface area contributed by atoms with Gasteiger partial charge in [0.15, 0.2) is 0 Å². The SMILES string of the molecule is CC1CCCCN1c1ccc(N(C)C(=O)C(F)(F)F)cc1C#N. The minimum atomic E-state index is -4.94. The van der Waals surface area contributed by atoms with Crippen molar-refractivity contribution >= 4 is 17.3 Å². The molecule has 0 bridgehead atoms. The topological polar surface area (TPSA) is 47.3 Å². The summed E-state index contributed by atoms with van der Waals surface area (Å²) >= 11 is 0. The molecule has 7 heteroatoms. The van der Waals surface area contributed by atoms with Crippen LogP contribution in [0.2, 0.25) is 0 Å². The van der Waals surface area contributed by atoms with Crippen LogP contribution in [0, 0.1) is 11.3 Å². The van der Waals surface area contributed by atoms with Crippen LogP contribution in [0.4, 0.5) is 24.5 Å². The number of carbonyl (C=O) groups is 1. The lowest BCUT2D eigenvalue weighted by Gasteiger charge is -2.36. The average Bonchev–Trinajstić information content (AvgIpc) is 2.52. The first-order valence-corrected chi connectivity index (χ1v) is 7.41. The smallest absolute Gasteiger partial charge is 0.368 e. The summed E-state index contributed by atoms with van der Waals surface area (Å²) in [6.07, 6.45) is -1.79. The first-order valence-electron chi connectivity index (χ1n) is 7.41. The summed E-state index contributed by atoms with van der Waals surface area (Å²) in [5.74, 6) is -1.96. The van der Waals surface area contributed by atoms with Gasteiger partial charge in [0.05, 0.1) is 11.3 Å². The molecule has 0 N–H and O–H groups in total. The predicted octanol–water partition coefficient (Wildman–Crippen LogP) is 3.46. The molecule has 0 aromatic heterocycles. The molecule has 1 saturated heterocycles. The Hall–Kier alpha value is -2.23. The highest BCUT2D eigenvalue weighted by atomic mass is 19.4. The lowest BCUT2D eigenvalue weighted by molar-refractivity contribution is -0.170. The van der Waals surface area contributed by atoms with E-state index in [9.17, 15) is 23.2 Å². The Morgan fingerprint density at radius 2 is 2.09 bits per heavy atom. The van der Waals surface area contributed by atoms with Gasteiger partial charge in [0.2, 0.25) is 0 Å². The largest absolute Gasteiger partial charge is 0.471 e. The van der Waals surface area contributed by atoms with Gasteiger partial charge in [0.1, 0.15) is 6.07 Å². The van der Waals surface area contributed by atoms with Crippen molar-refractivity contribution in [2.24, 2.45) is 0 Å². The van der Waals surface area contributed by atoms with Gasteiger partial charge in [-0.2, -0.15) is 18.4 Å². The monoisotopic (exact) mass is 325 g/mol. The number of carbonyl (C=O) groups excluding carboxylic acids is 1. The van der Waals surface area contributed by atoms with E-state index in [4.69, 9.17) is 0 Å². The number of benzene rings is 1. The molecule has 1 aromatic carbocycles. The third-order valence-electron chi connectivity index (χ3n) is 4.15. The molecular formula is C16H18F3N3O. The van der Waals surface area contributed by atoms with E-state index < -0.39 is 12.1 Å². The third-order valence-corrected chi connectivity index (χ3v) is 4.15. The van der Waals surface area contributed by atoms with Crippen LogP contribution in [0.5, 0.6) is 0 Å². The van der Waals surface area contributed by atoms with Crippen LogP contribution in [0.25, 0.3) is 0 Å². The van der Waals surface area contributed by atoms with Crippen molar-refractivity contribution in [3.63, 3.8) is 0 Å². The molecule has 124 valence electrons. The summed E-state index contributed by atoms with van der Waals surface area (Å²) in [5, 5.41) is 9.34. The van der Waals surface area contributed by atoms with Crippen LogP contribution < -0.4 is 9.80 Å². The first-order chi connectivity index (χ1) is 10.8. The average molecular weight is 325 g/mol. The van der Waals surface area contributed by atoms with Gasteiger partial charge in [0, 0.05) is 25.3 Å². The van der Waals surface area contributed by atoms with E-state index in [0.717, 1.165) is 32.9 Å². The number of amides is 1. The second kappa shape index (κ2) is 6.49. The van der Waals surface area contributed by atoms with Gasteiger partial charge in [-0.15, -0.1) is 0 Å². The zero-order valence-electron chi connectivity index (χ0n) is 13.0. The van der Waals surface area contributed by atoms with Gasteiger partial charge in [-0.25, -0.2) is 0 Å². The maximum Gasteiger partial charge on any atom is 0.471 e. The zero-order valence-corrected chi connectivity index (χ0v) is 13.0. The van der Waals surface area contributed by atoms with Gasteiger partial charge < -0.3 is 9.80 Å². The summed E-state index contributed by atoms with van der Waals surface area (Å²) < 4.78 is 37.6. The normalized spacial score (nSPS) is 18.4. The Labute approximate surface area is 133 Å². The predicted molar refractivity (Wildman–Crippen MR) is 81.3 cm³/mol. The van der Waals surface area contributed by atoms with Gasteiger partial charge in [-0.05, 0) is 44.4 Å². The van der Waals surface area contributed by atoms with E-state index in [1.807, 2.05) is 6.07 Å². The number of piperidine rings is 1. The molecule has 0 spiro atoms. The van der Waals surface area contributed by atoms with Crippen LogP contribution in [0.1, 0.15) is 31.7 Å². The van der Waals surface area contributed by atoms with E-state index in [-0.39, 0.29) is 17.3 Å². The lowest BCUT2D eigenvalue weighted by atomic mass is 10.0. The lowest BCUT2D eigenvalue weighted by Crippen LogP contribution is -2.39. The summed E-state index contributed by atoms with van der Waals surface area (Å²) in [5.41, 5.74) is 1.03.